The average Bonchev–Trinajstić information content (AvgIpc) is 3.78. The molecule has 6 heterocycles. The Morgan fingerprint density at radius 1 is 0.534 bits per heavy atom. The molecule has 11 rings (SSSR count). The van der Waals surface area contributed by atoms with E-state index in [9.17, 15) is 0 Å². The van der Waals surface area contributed by atoms with Crippen LogP contribution in [0.1, 0.15) is 78.0 Å². The molecule has 4 aliphatic rings. The van der Waals surface area contributed by atoms with Gasteiger partial charge in [0.15, 0.2) is 23.0 Å². The number of ether oxygens (including phenoxy) is 4. The fraction of sp³-hybridized carbons (Fsp3) is 0.306. The van der Waals surface area contributed by atoms with Gasteiger partial charge in [0.2, 0.25) is 0 Å². The van der Waals surface area contributed by atoms with Crippen LogP contribution in [0.5, 0.6) is 23.0 Å². The predicted molar refractivity (Wildman–Crippen MR) is 245 cm³/mol. The van der Waals surface area contributed by atoms with Gasteiger partial charge in [-0.1, -0.05) is 67.5 Å². The summed E-state index contributed by atoms with van der Waals surface area (Å²) in [7, 11) is 0. The summed E-state index contributed by atoms with van der Waals surface area (Å²) in [5.74, 6) is 3.45. The lowest BCUT2D eigenvalue weighted by Crippen LogP contribution is -2.59. The SMILES string of the molecule is CC(C)c1cc2c3c(c1)N(c1ccc4c(c1)OCCO4)c1c(sc4ccc(C(C)(C)C)cc14)B3c1sc3ccc(C(C)(C)C)cc3c1N2c1ccc2c(c1)OCCO2. The van der Waals surface area contributed by atoms with Gasteiger partial charge in [-0.05, 0) is 99.6 Å². The summed E-state index contributed by atoms with van der Waals surface area (Å²) >= 11 is 3.89. The first-order valence-electron chi connectivity index (χ1n) is 20.5. The molecule has 0 saturated heterocycles. The van der Waals surface area contributed by atoms with Crippen molar-refractivity contribution in [2.75, 3.05) is 36.2 Å². The van der Waals surface area contributed by atoms with Crippen molar-refractivity contribution < 1.29 is 18.9 Å². The van der Waals surface area contributed by atoms with Gasteiger partial charge in [-0.3, -0.25) is 0 Å². The molecule has 9 heteroatoms. The summed E-state index contributed by atoms with van der Waals surface area (Å²) in [6.07, 6.45) is 0. The van der Waals surface area contributed by atoms with Gasteiger partial charge in [-0.2, -0.15) is 0 Å². The fourth-order valence-electron chi connectivity index (χ4n) is 9.14. The quantitative estimate of drug-likeness (QED) is 0.166. The maximum atomic E-state index is 6.26. The Morgan fingerprint density at radius 2 is 0.966 bits per heavy atom. The van der Waals surface area contributed by atoms with Crippen LogP contribution in [0.2, 0.25) is 0 Å². The highest BCUT2D eigenvalue weighted by Gasteiger charge is 2.47. The van der Waals surface area contributed by atoms with Gasteiger partial charge in [-0.15, -0.1) is 22.7 Å². The van der Waals surface area contributed by atoms with Crippen molar-refractivity contribution in [2.45, 2.75) is 72.1 Å². The minimum absolute atomic E-state index is 0.00618. The van der Waals surface area contributed by atoms with Crippen LogP contribution in [0.25, 0.3) is 20.2 Å². The van der Waals surface area contributed by atoms with E-state index in [1.165, 1.54) is 74.6 Å². The van der Waals surface area contributed by atoms with Gasteiger partial charge < -0.3 is 28.7 Å². The summed E-state index contributed by atoms with van der Waals surface area (Å²) in [5, 5.41) is 2.58. The Labute approximate surface area is 349 Å². The Morgan fingerprint density at radius 3 is 1.38 bits per heavy atom. The maximum absolute atomic E-state index is 6.26. The molecule has 0 bridgehead atoms. The van der Waals surface area contributed by atoms with Gasteiger partial charge in [0, 0.05) is 53.2 Å². The second kappa shape index (κ2) is 12.7. The van der Waals surface area contributed by atoms with Gasteiger partial charge in [-0.25, -0.2) is 0 Å². The molecule has 0 fully saturated rings. The van der Waals surface area contributed by atoms with Crippen LogP contribution in [0.4, 0.5) is 34.1 Å². The van der Waals surface area contributed by atoms with E-state index >= 15 is 0 Å². The molecule has 0 amide bonds. The summed E-state index contributed by atoms with van der Waals surface area (Å²) in [6.45, 7) is 20.7. The van der Waals surface area contributed by atoms with E-state index < -0.39 is 0 Å². The van der Waals surface area contributed by atoms with E-state index in [4.69, 9.17) is 18.9 Å². The zero-order valence-electron chi connectivity index (χ0n) is 34.4. The fourth-order valence-corrected chi connectivity index (χ4v) is 11.8. The number of hydrogen-bond donors (Lipinski definition) is 0. The highest BCUT2D eigenvalue weighted by atomic mass is 32.1. The summed E-state index contributed by atoms with van der Waals surface area (Å²) in [4.78, 5) is 5.08. The molecule has 0 atom stereocenters. The number of benzene rings is 5. The van der Waals surface area contributed by atoms with Gasteiger partial charge in [0.1, 0.15) is 26.4 Å². The molecular formula is C49H47BN2O4S2. The van der Waals surface area contributed by atoms with Crippen LogP contribution in [0.3, 0.4) is 0 Å². The lowest BCUT2D eigenvalue weighted by molar-refractivity contribution is 0.171. The van der Waals surface area contributed by atoms with Crippen LogP contribution in [0, 0.1) is 0 Å². The highest BCUT2D eigenvalue weighted by molar-refractivity contribution is 7.40. The number of fused-ring (bicyclic) bond motifs is 10. The molecule has 0 spiro atoms. The lowest BCUT2D eigenvalue weighted by Gasteiger charge is -2.43. The molecule has 5 aromatic carbocycles. The van der Waals surface area contributed by atoms with Crippen LogP contribution >= 0.6 is 22.7 Å². The monoisotopic (exact) mass is 802 g/mol. The van der Waals surface area contributed by atoms with Crippen molar-refractivity contribution in [3.63, 3.8) is 0 Å². The second-order valence-electron chi connectivity index (χ2n) is 18.4. The molecule has 4 aliphatic heterocycles. The molecule has 2 aromatic heterocycles. The van der Waals surface area contributed by atoms with E-state index in [1.54, 1.807) is 0 Å². The van der Waals surface area contributed by atoms with Gasteiger partial charge >= 0.3 is 0 Å². The maximum Gasteiger partial charge on any atom is 0.277 e. The number of rotatable bonds is 3. The van der Waals surface area contributed by atoms with Crippen LogP contribution in [-0.4, -0.2) is 33.1 Å². The summed E-state index contributed by atoms with van der Waals surface area (Å²) in [6, 6.07) is 32.2. The molecular weight excluding hydrogens is 755 g/mol. The topological polar surface area (TPSA) is 43.4 Å². The van der Waals surface area contributed by atoms with E-state index in [-0.39, 0.29) is 23.5 Å². The van der Waals surface area contributed by atoms with Crippen molar-refractivity contribution >= 4 is 98.7 Å². The predicted octanol–water partition coefficient (Wildman–Crippen LogP) is 11.5. The van der Waals surface area contributed by atoms with Crippen LogP contribution in [-0.2, 0) is 10.8 Å². The van der Waals surface area contributed by atoms with E-state index in [0.717, 1.165) is 34.4 Å². The lowest BCUT2D eigenvalue weighted by atomic mass is 9.39. The van der Waals surface area contributed by atoms with Crippen molar-refractivity contribution in [2.24, 2.45) is 0 Å². The average molecular weight is 803 g/mol. The van der Waals surface area contributed by atoms with E-state index in [2.05, 4.69) is 150 Å². The third-order valence-electron chi connectivity index (χ3n) is 12.2. The van der Waals surface area contributed by atoms with Crippen molar-refractivity contribution in [1.29, 1.82) is 0 Å². The molecule has 0 unspecified atom stereocenters. The van der Waals surface area contributed by atoms with Gasteiger partial charge in [0.25, 0.3) is 6.71 Å². The Kier molecular flexibility index (Phi) is 7.88. The normalized spacial score (nSPS) is 15.6. The molecule has 58 heavy (non-hydrogen) atoms. The van der Waals surface area contributed by atoms with Crippen molar-refractivity contribution in [1.82, 2.24) is 0 Å². The first-order valence-corrected chi connectivity index (χ1v) is 22.2. The Hall–Kier alpha value is -5.12. The van der Waals surface area contributed by atoms with Crippen LogP contribution < -0.4 is 43.8 Å². The van der Waals surface area contributed by atoms with Crippen molar-refractivity contribution in [3.05, 3.63) is 102 Å². The molecule has 6 nitrogen and oxygen atoms in total. The molecule has 0 N–H and O–H groups in total. The molecule has 292 valence electrons. The Bertz CT molecular complexity index is 2660. The van der Waals surface area contributed by atoms with Gasteiger partial charge in [0.05, 0.1) is 22.7 Å². The first-order chi connectivity index (χ1) is 27.8. The zero-order valence-corrected chi connectivity index (χ0v) is 36.0. The molecule has 0 radical (unpaired) electrons. The van der Waals surface area contributed by atoms with E-state index in [1.807, 2.05) is 22.7 Å². The summed E-state index contributed by atoms with van der Waals surface area (Å²) in [5.41, 5.74) is 12.3. The third kappa shape index (κ3) is 5.42. The van der Waals surface area contributed by atoms with E-state index in [0.29, 0.717) is 26.4 Å². The number of hydrogen-bond acceptors (Lipinski definition) is 8. The number of anilines is 6. The standard InChI is InChI=1S/C49H47BN2O4S2/c1-27(2)28-21-35-43-36(22-28)52(32-12-14-38-40(26-32)56-20-18-54-38)45-34-24-30(49(6,7)8)10-16-42(34)58-47(45)50(43)46-44(33-23-29(48(3,4)5)9-15-41(33)57-46)51(35)31-11-13-37-39(25-31)55-19-17-53-37/h9-16,21-27H,17-20H2,1-8H3. The largest absolute Gasteiger partial charge is 0.486 e. The second-order valence-corrected chi connectivity index (χ2v) is 20.6. The van der Waals surface area contributed by atoms with Crippen molar-refractivity contribution in [3.8, 4) is 23.0 Å². The molecule has 0 aliphatic carbocycles. The Balaban J connectivity index is 1.27. The molecule has 0 saturated carbocycles. The third-order valence-corrected chi connectivity index (χ3v) is 14.7. The summed E-state index contributed by atoms with van der Waals surface area (Å²) < 4.78 is 30.0. The minimum Gasteiger partial charge on any atom is -0.486 e. The smallest absolute Gasteiger partial charge is 0.277 e. The highest BCUT2D eigenvalue weighted by Crippen LogP contribution is 2.53. The molecule has 7 aromatic rings. The number of nitrogens with zero attached hydrogens (tertiary/aromatic N) is 2. The number of thiophene rings is 2. The first kappa shape index (κ1) is 36.0. The zero-order chi connectivity index (χ0) is 39.8. The van der Waals surface area contributed by atoms with Crippen LogP contribution in [0.15, 0.2) is 84.9 Å². The minimum atomic E-state index is -0.00618.